The van der Waals surface area contributed by atoms with Gasteiger partial charge in [-0.05, 0) is 22.9 Å². The fraction of sp³-hybridized carbons (Fsp3) is 0.308. The van der Waals surface area contributed by atoms with Crippen molar-refractivity contribution in [1.29, 1.82) is 0 Å². The Bertz CT molecular complexity index is 442. The van der Waals surface area contributed by atoms with Gasteiger partial charge in [0.1, 0.15) is 5.78 Å². The van der Waals surface area contributed by atoms with E-state index in [0.29, 0.717) is 29.1 Å². The van der Waals surface area contributed by atoms with Gasteiger partial charge in [-0.1, -0.05) is 12.1 Å². The molecule has 2 atom stereocenters. The highest BCUT2D eigenvalue weighted by Gasteiger charge is 2.30. The van der Waals surface area contributed by atoms with Gasteiger partial charge in [-0.2, -0.15) is 0 Å². The Morgan fingerprint density at radius 3 is 1.88 bits per heavy atom. The number of ketones is 1. The van der Waals surface area contributed by atoms with Crippen LogP contribution in [0, 0.1) is 0 Å². The van der Waals surface area contributed by atoms with E-state index < -0.39 is 0 Å². The van der Waals surface area contributed by atoms with Crippen LogP contribution in [0.5, 0.6) is 0 Å². The van der Waals surface area contributed by atoms with Crippen LogP contribution in [0.3, 0.4) is 0 Å². The van der Waals surface area contributed by atoms with Crippen LogP contribution in [0.1, 0.15) is 33.1 Å². The summed E-state index contributed by atoms with van der Waals surface area (Å²) in [6, 6.07) is 8.43. The number of hydrogen-bond acceptors (Lipinski definition) is 4. The van der Waals surface area contributed by atoms with Crippen LogP contribution < -0.4 is 0 Å². The SMILES string of the molecule is O=C1C[C@@H](c2cccs2)S[C@@H](c2cccs2)C1. The average molecular weight is 280 g/mol. The second-order valence-electron chi connectivity index (χ2n) is 4.09. The Kier molecular flexibility index (Phi) is 3.36. The largest absolute Gasteiger partial charge is 0.300 e. The van der Waals surface area contributed by atoms with Gasteiger partial charge in [-0.3, -0.25) is 4.79 Å². The van der Waals surface area contributed by atoms with Crippen LogP contribution in [0.15, 0.2) is 35.0 Å². The minimum atomic E-state index is 0.364. The number of hydrogen-bond donors (Lipinski definition) is 0. The van der Waals surface area contributed by atoms with Gasteiger partial charge in [0, 0.05) is 33.1 Å². The van der Waals surface area contributed by atoms with Gasteiger partial charge in [0.25, 0.3) is 0 Å². The Hall–Kier alpha value is -0.580. The molecule has 3 heterocycles. The zero-order chi connectivity index (χ0) is 11.7. The van der Waals surface area contributed by atoms with Crippen LogP contribution in [0.4, 0.5) is 0 Å². The molecule has 0 bridgehead atoms. The molecule has 1 saturated heterocycles. The molecular formula is C13H12OS3. The zero-order valence-electron chi connectivity index (χ0n) is 9.17. The first-order valence-corrected chi connectivity index (χ1v) is 8.27. The molecule has 1 aliphatic heterocycles. The summed E-state index contributed by atoms with van der Waals surface area (Å²) in [6.45, 7) is 0. The highest BCUT2D eigenvalue weighted by Crippen LogP contribution is 2.50. The fourth-order valence-corrected chi connectivity index (χ4v) is 5.54. The molecule has 2 aromatic heterocycles. The topological polar surface area (TPSA) is 17.1 Å². The smallest absolute Gasteiger partial charge is 0.135 e. The normalized spacial score (nSPS) is 25.1. The Morgan fingerprint density at radius 2 is 1.47 bits per heavy atom. The summed E-state index contributed by atoms with van der Waals surface area (Å²) in [6.07, 6.45) is 1.40. The molecule has 0 aromatic carbocycles. The molecule has 1 aliphatic rings. The van der Waals surface area contributed by atoms with Crippen molar-refractivity contribution in [2.24, 2.45) is 0 Å². The highest BCUT2D eigenvalue weighted by atomic mass is 32.2. The van der Waals surface area contributed by atoms with Crippen molar-refractivity contribution in [2.75, 3.05) is 0 Å². The summed E-state index contributed by atoms with van der Waals surface area (Å²) in [5.41, 5.74) is 0. The molecular weight excluding hydrogens is 268 g/mol. The van der Waals surface area contributed by atoms with E-state index >= 15 is 0 Å². The van der Waals surface area contributed by atoms with Crippen LogP contribution in [0.2, 0.25) is 0 Å². The molecule has 0 unspecified atom stereocenters. The number of carbonyl (C=O) groups excluding carboxylic acids is 1. The number of Topliss-reactive ketones (excluding diaryl/α,β-unsaturated/α-hetero) is 1. The molecule has 0 N–H and O–H groups in total. The summed E-state index contributed by atoms with van der Waals surface area (Å²) < 4.78 is 0. The van der Waals surface area contributed by atoms with Crippen molar-refractivity contribution < 1.29 is 4.79 Å². The third-order valence-electron chi connectivity index (χ3n) is 2.88. The quantitative estimate of drug-likeness (QED) is 0.794. The molecule has 4 heteroatoms. The fourth-order valence-electron chi connectivity index (χ4n) is 2.08. The monoisotopic (exact) mass is 280 g/mol. The van der Waals surface area contributed by atoms with E-state index in [0.717, 1.165) is 0 Å². The first-order chi connectivity index (χ1) is 8.33. The van der Waals surface area contributed by atoms with Crippen molar-refractivity contribution in [3.05, 3.63) is 44.8 Å². The van der Waals surface area contributed by atoms with Crippen LogP contribution >= 0.6 is 34.4 Å². The second kappa shape index (κ2) is 4.96. The Labute approximate surface area is 113 Å². The minimum absolute atomic E-state index is 0.364. The third kappa shape index (κ3) is 2.49. The molecule has 2 aromatic rings. The van der Waals surface area contributed by atoms with Gasteiger partial charge < -0.3 is 0 Å². The highest BCUT2D eigenvalue weighted by molar-refractivity contribution is 8.00. The van der Waals surface area contributed by atoms with Crippen LogP contribution in [0.25, 0.3) is 0 Å². The molecule has 1 fully saturated rings. The maximum atomic E-state index is 11.9. The summed E-state index contributed by atoms with van der Waals surface area (Å²) >= 11 is 5.47. The second-order valence-corrected chi connectivity index (χ2v) is 7.46. The van der Waals surface area contributed by atoms with E-state index in [2.05, 4.69) is 35.0 Å². The van der Waals surface area contributed by atoms with Crippen molar-refractivity contribution in [2.45, 2.75) is 23.3 Å². The number of rotatable bonds is 2. The lowest BCUT2D eigenvalue weighted by atomic mass is 10.1. The van der Waals surface area contributed by atoms with Gasteiger partial charge in [0.2, 0.25) is 0 Å². The van der Waals surface area contributed by atoms with Gasteiger partial charge in [-0.15, -0.1) is 34.4 Å². The first kappa shape index (κ1) is 11.5. The van der Waals surface area contributed by atoms with E-state index in [1.165, 1.54) is 9.75 Å². The van der Waals surface area contributed by atoms with Gasteiger partial charge in [-0.25, -0.2) is 0 Å². The lowest BCUT2D eigenvalue weighted by Gasteiger charge is -2.26. The average Bonchev–Trinajstić information content (AvgIpc) is 3.02. The van der Waals surface area contributed by atoms with E-state index in [9.17, 15) is 4.79 Å². The summed E-state index contributed by atoms with van der Waals surface area (Å²) in [4.78, 5) is 14.5. The predicted octanol–water partition coefficient (Wildman–Crippen LogP) is 4.69. The van der Waals surface area contributed by atoms with Gasteiger partial charge >= 0.3 is 0 Å². The van der Waals surface area contributed by atoms with E-state index in [1.807, 2.05) is 11.8 Å². The summed E-state index contributed by atoms with van der Waals surface area (Å²) in [5, 5.41) is 4.91. The minimum Gasteiger partial charge on any atom is -0.300 e. The van der Waals surface area contributed by atoms with E-state index in [1.54, 1.807) is 22.7 Å². The van der Waals surface area contributed by atoms with Crippen LogP contribution in [-0.4, -0.2) is 5.78 Å². The number of thiophene rings is 2. The lowest BCUT2D eigenvalue weighted by Crippen LogP contribution is -2.14. The maximum absolute atomic E-state index is 11.9. The lowest BCUT2D eigenvalue weighted by molar-refractivity contribution is -0.119. The molecule has 0 amide bonds. The molecule has 0 radical (unpaired) electrons. The summed E-state index contributed by atoms with van der Waals surface area (Å²) in [5.74, 6) is 0.403. The molecule has 88 valence electrons. The third-order valence-corrected chi connectivity index (χ3v) is 6.64. The van der Waals surface area contributed by atoms with Crippen molar-refractivity contribution in [1.82, 2.24) is 0 Å². The molecule has 17 heavy (non-hydrogen) atoms. The molecule has 0 saturated carbocycles. The molecule has 1 nitrogen and oxygen atoms in total. The van der Waals surface area contributed by atoms with Gasteiger partial charge in [0.05, 0.1) is 0 Å². The standard InChI is InChI=1S/C13H12OS3/c14-9-7-12(10-3-1-5-15-10)17-13(8-9)11-4-2-6-16-11/h1-6,12-13H,7-8H2/t12-,13+. The maximum Gasteiger partial charge on any atom is 0.135 e. The zero-order valence-corrected chi connectivity index (χ0v) is 11.6. The predicted molar refractivity (Wildman–Crippen MR) is 76.0 cm³/mol. The van der Waals surface area contributed by atoms with Crippen molar-refractivity contribution >= 4 is 40.2 Å². The molecule has 0 aliphatic carbocycles. The summed E-state index contributed by atoms with van der Waals surface area (Å²) in [7, 11) is 0. The Morgan fingerprint density at radius 1 is 0.941 bits per heavy atom. The van der Waals surface area contributed by atoms with Crippen molar-refractivity contribution in [3.8, 4) is 0 Å². The molecule has 3 rings (SSSR count). The van der Waals surface area contributed by atoms with Gasteiger partial charge in [0.15, 0.2) is 0 Å². The number of carbonyl (C=O) groups is 1. The van der Waals surface area contributed by atoms with Crippen molar-refractivity contribution in [3.63, 3.8) is 0 Å². The van der Waals surface area contributed by atoms with E-state index in [-0.39, 0.29) is 0 Å². The van der Waals surface area contributed by atoms with E-state index in [4.69, 9.17) is 0 Å². The Balaban J connectivity index is 1.82. The molecule has 0 spiro atoms. The first-order valence-electron chi connectivity index (χ1n) is 5.57. The number of thioether (sulfide) groups is 1. The van der Waals surface area contributed by atoms with Crippen LogP contribution in [-0.2, 0) is 4.79 Å².